The highest BCUT2D eigenvalue weighted by Gasteiger charge is 2.29. The summed E-state index contributed by atoms with van der Waals surface area (Å²) < 4.78 is 0.594. The highest BCUT2D eigenvalue weighted by Crippen LogP contribution is 2.15. The number of hydrogen-bond donors (Lipinski definition) is 3. The molecule has 0 heterocycles. The Balaban J connectivity index is 0. The predicted octanol–water partition coefficient (Wildman–Crippen LogP) is 0.810. The van der Waals surface area contributed by atoms with Crippen molar-refractivity contribution < 1.29 is 41.5 Å². The maximum absolute atomic E-state index is 11.5. The SMILES string of the molecule is CC(=O)CCCCCCCCCCCC(N[C@H](CCC(=O)O)C(=O)O)[N+](C)(C)C.[Cl-]. The van der Waals surface area contributed by atoms with Gasteiger partial charge in [-0.3, -0.25) is 14.9 Å². The normalized spacial score (nSPS) is 13.3. The first-order valence-corrected chi connectivity index (χ1v) is 11.0. The van der Waals surface area contributed by atoms with E-state index in [0.717, 1.165) is 32.1 Å². The Morgan fingerprint density at radius 1 is 0.767 bits per heavy atom. The number of ketones is 1. The number of Topliss-reactive ketones (excluding diaryl/α,β-unsaturated/α-hetero) is 1. The lowest BCUT2D eigenvalue weighted by molar-refractivity contribution is -0.900. The topological polar surface area (TPSA) is 104 Å². The quantitative estimate of drug-likeness (QED) is 0.153. The summed E-state index contributed by atoms with van der Waals surface area (Å²) in [5.74, 6) is -1.69. The Kier molecular flexibility index (Phi) is 18.1. The zero-order valence-corrected chi connectivity index (χ0v) is 20.0. The Morgan fingerprint density at radius 2 is 1.23 bits per heavy atom. The van der Waals surface area contributed by atoms with Crippen molar-refractivity contribution in [1.29, 1.82) is 0 Å². The van der Waals surface area contributed by atoms with Crippen LogP contribution in [0.5, 0.6) is 0 Å². The van der Waals surface area contributed by atoms with Crippen LogP contribution in [-0.2, 0) is 14.4 Å². The standard InChI is InChI=1S/C22H42N2O5.ClH/c1-18(25)14-12-10-8-6-5-7-9-11-13-15-20(24(2,3)4)23-19(22(28)29)16-17-21(26)27;/h19-20,23H,5-17H2,1-4H3,(H-,26,27,28,29);1H/t19-,20?;/m1./s1. The van der Waals surface area contributed by atoms with E-state index < -0.39 is 18.0 Å². The van der Waals surface area contributed by atoms with Gasteiger partial charge in [0.25, 0.3) is 0 Å². The van der Waals surface area contributed by atoms with Crippen molar-refractivity contribution >= 4 is 17.7 Å². The molecular weight excluding hydrogens is 408 g/mol. The second-order valence-corrected chi connectivity index (χ2v) is 9.04. The molecule has 0 rings (SSSR count). The largest absolute Gasteiger partial charge is 1.00 e. The molecule has 0 saturated carbocycles. The van der Waals surface area contributed by atoms with Gasteiger partial charge in [-0.25, -0.2) is 0 Å². The molecule has 2 atom stereocenters. The molecule has 0 aromatic carbocycles. The molecule has 30 heavy (non-hydrogen) atoms. The van der Waals surface area contributed by atoms with Gasteiger partial charge in [-0.05, 0) is 26.2 Å². The van der Waals surface area contributed by atoms with Gasteiger partial charge >= 0.3 is 11.9 Å². The summed E-state index contributed by atoms with van der Waals surface area (Å²) in [5, 5.41) is 21.4. The van der Waals surface area contributed by atoms with Gasteiger partial charge in [-0.1, -0.05) is 44.9 Å². The van der Waals surface area contributed by atoms with Gasteiger partial charge in [0.1, 0.15) is 18.0 Å². The first kappa shape index (κ1) is 31.0. The lowest BCUT2D eigenvalue weighted by Gasteiger charge is -2.36. The molecule has 178 valence electrons. The number of carbonyl (C=O) groups is 3. The third kappa shape index (κ3) is 17.7. The van der Waals surface area contributed by atoms with Crippen molar-refractivity contribution in [3.05, 3.63) is 0 Å². The van der Waals surface area contributed by atoms with Gasteiger partial charge in [0.2, 0.25) is 0 Å². The van der Waals surface area contributed by atoms with Crippen LogP contribution < -0.4 is 17.7 Å². The van der Waals surface area contributed by atoms with E-state index >= 15 is 0 Å². The van der Waals surface area contributed by atoms with Crippen LogP contribution in [0.2, 0.25) is 0 Å². The second kappa shape index (κ2) is 17.5. The number of halogens is 1. The average molecular weight is 451 g/mol. The van der Waals surface area contributed by atoms with E-state index in [0.29, 0.717) is 10.9 Å². The number of hydrogen-bond acceptors (Lipinski definition) is 4. The first-order chi connectivity index (χ1) is 13.5. The van der Waals surface area contributed by atoms with E-state index in [-0.39, 0.29) is 37.2 Å². The minimum atomic E-state index is -0.993. The first-order valence-electron chi connectivity index (χ1n) is 11.0. The zero-order chi connectivity index (χ0) is 22.3. The van der Waals surface area contributed by atoms with Gasteiger partial charge in [-0.15, -0.1) is 0 Å². The maximum Gasteiger partial charge on any atom is 0.320 e. The van der Waals surface area contributed by atoms with Crippen LogP contribution in [-0.4, -0.2) is 65.8 Å². The Labute approximate surface area is 188 Å². The fourth-order valence-corrected chi connectivity index (χ4v) is 3.42. The van der Waals surface area contributed by atoms with Gasteiger partial charge in [0, 0.05) is 19.3 Å². The minimum Gasteiger partial charge on any atom is -1.00 e. The van der Waals surface area contributed by atoms with Crippen molar-refractivity contribution in [1.82, 2.24) is 5.32 Å². The molecule has 0 fully saturated rings. The molecule has 0 amide bonds. The summed E-state index contributed by atoms with van der Waals surface area (Å²) in [7, 11) is 6.08. The number of quaternary nitrogens is 1. The molecule has 0 radical (unpaired) electrons. The summed E-state index contributed by atoms with van der Waals surface area (Å²) in [6, 6.07) is -0.837. The van der Waals surface area contributed by atoms with Crippen molar-refractivity contribution in [2.75, 3.05) is 21.1 Å². The summed E-state index contributed by atoms with van der Waals surface area (Å²) in [6.07, 6.45) is 11.8. The molecule has 1 unspecified atom stereocenters. The molecule has 0 aliphatic rings. The number of unbranched alkanes of at least 4 members (excludes halogenated alkanes) is 8. The van der Waals surface area contributed by atoms with E-state index in [1.165, 1.54) is 32.1 Å². The lowest BCUT2D eigenvalue weighted by atomic mass is 10.0. The zero-order valence-electron chi connectivity index (χ0n) is 19.3. The summed E-state index contributed by atoms with van der Waals surface area (Å²) >= 11 is 0. The average Bonchev–Trinajstić information content (AvgIpc) is 2.59. The fraction of sp³-hybridized carbons (Fsp3) is 0.864. The highest BCUT2D eigenvalue weighted by molar-refractivity contribution is 5.75. The van der Waals surface area contributed by atoms with Gasteiger partial charge in [0.05, 0.1) is 21.1 Å². The van der Waals surface area contributed by atoms with Crippen LogP contribution in [0.3, 0.4) is 0 Å². The molecule has 0 aliphatic carbocycles. The maximum atomic E-state index is 11.5. The number of aliphatic carboxylic acids is 2. The Hall–Kier alpha value is -1.18. The Bertz CT molecular complexity index is 494. The van der Waals surface area contributed by atoms with Gasteiger partial charge in [-0.2, -0.15) is 0 Å². The highest BCUT2D eigenvalue weighted by atomic mass is 35.5. The van der Waals surface area contributed by atoms with E-state index in [9.17, 15) is 19.5 Å². The van der Waals surface area contributed by atoms with Crippen LogP contribution in [0, 0.1) is 0 Å². The molecule has 0 aliphatic heterocycles. The lowest BCUT2D eigenvalue weighted by Crippen LogP contribution is -3.00. The summed E-state index contributed by atoms with van der Waals surface area (Å²) in [6.45, 7) is 1.65. The fourth-order valence-electron chi connectivity index (χ4n) is 3.42. The molecule has 3 N–H and O–H groups in total. The second-order valence-electron chi connectivity index (χ2n) is 9.04. The minimum absolute atomic E-state index is 0. The monoisotopic (exact) mass is 450 g/mol. The third-order valence-corrected chi connectivity index (χ3v) is 5.28. The van der Waals surface area contributed by atoms with Gasteiger partial charge in [0.15, 0.2) is 0 Å². The number of carboxylic acids is 2. The van der Waals surface area contributed by atoms with Crippen molar-refractivity contribution in [3.63, 3.8) is 0 Å². The van der Waals surface area contributed by atoms with E-state index in [1.54, 1.807) is 6.92 Å². The van der Waals surface area contributed by atoms with Crippen LogP contribution >= 0.6 is 0 Å². The van der Waals surface area contributed by atoms with Crippen LogP contribution in [0.4, 0.5) is 0 Å². The molecule has 0 aromatic rings. The van der Waals surface area contributed by atoms with E-state index in [4.69, 9.17) is 5.11 Å². The predicted molar refractivity (Wildman–Crippen MR) is 115 cm³/mol. The summed E-state index contributed by atoms with van der Waals surface area (Å²) in [5.41, 5.74) is 0. The molecular formula is C22H43ClN2O5. The van der Waals surface area contributed by atoms with Crippen molar-refractivity contribution in [3.8, 4) is 0 Å². The van der Waals surface area contributed by atoms with Crippen LogP contribution in [0.1, 0.15) is 90.4 Å². The smallest absolute Gasteiger partial charge is 0.320 e. The van der Waals surface area contributed by atoms with Crippen molar-refractivity contribution in [2.45, 2.75) is 103 Å². The number of rotatable bonds is 19. The number of carbonyl (C=O) groups excluding carboxylic acids is 1. The summed E-state index contributed by atoms with van der Waals surface area (Å²) in [4.78, 5) is 33.1. The number of nitrogens with zero attached hydrogens (tertiary/aromatic N) is 1. The molecule has 0 bridgehead atoms. The van der Waals surface area contributed by atoms with Crippen LogP contribution in [0.25, 0.3) is 0 Å². The Morgan fingerprint density at radius 3 is 1.63 bits per heavy atom. The van der Waals surface area contributed by atoms with Gasteiger partial charge < -0.3 is 31.9 Å². The molecule has 0 saturated heterocycles. The molecule has 0 spiro atoms. The van der Waals surface area contributed by atoms with Crippen molar-refractivity contribution in [2.24, 2.45) is 0 Å². The third-order valence-electron chi connectivity index (χ3n) is 5.28. The number of nitrogens with one attached hydrogen (secondary N) is 1. The van der Waals surface area contributed by atoms with E-state index in [2.05, 4.69) is 5.32 Å². The molecule has 0 aromatic heterocycles. The molecule has 8 heteroatoms. The molecule has 7 nitrogen and oxygen atoms in total. The number of carboxylic acid groups (broad SMARTS) is 2. The van der Waals surface area contributed by atoms with Crippen LogP contribution in [0.15, 0.2) is 0 Å². The van der Waals surface area contributed by atoms with E-state index in [1.807, 2.05) is 21.1 Å².